The second kappa shape index (κ2) is 9.21. The van der Waals surface area contributed by atoms with Crippen molar-refractivity contribution in [3.05, 3.63) is 94.4 Å². The fourth-order valence-electron chi connectivity index (χ4n) is 3.31. The quantitative estimate of drug-likeness (QED) is 0.518. The number of rotatable bonds is 6. The number of hydrazone groups is 1. The van der Waals surface area contributed by atoms with Gasteiger partial charge in [-0.1, -0.05) is 35.9 Å². The number of benzene rings is 2. The van der Waals surface area contributed by atoms with Crippen LogP contribution in [0.4, 0.5) is 0 Å². The largest absolute Gasteiger partial charge is 0.467 e. The van der Waals surface area contributed by atoms with Crippen molar-refractivity contribution in [3.8, 4) is 6.07 Å². The molecule has 1 amide bonds. The first-order chi connectivity index (χ1) is 14.6. The van der Waals surface area contributed by atoms with Crippen LogP contribution in [0.25, 0.3) is 0 Å². The highest BCUT2D eigenvalue weighted by Gasteiger charge is 2.34. The van der Waals surface area contributed by atoms with Crippen LogP contribution < -0.4 is 0 Å². The molecule has 1 aliphatic rings. The monoisotopic (exact) mass is 435 g/mol. The van der Waals surface area contributed by atoms with Crippen molar-refractivity contribution < 1.29 is 9.21 Å². The van der Waals surface area contributed by atoms with Gasteiger partial charge in [0, 0.05) is 17.2 Å². The summed E-state index contributed by atoms with van der Waals surface area (Å²) in [7, 11) is 0. The van der Waals surface area contributed by atoms with Crippen molar-refractivity contribution in [3.63, 3.8) is 0 Å². The van der Waals surface area contributed by atoms with Crippen LogP contribution in [0, 0.1) is 11.3 Å². The van der Waals surface area contributed by atoms with Crippen molar-refractivity contribution >= 4 is 35.0 Å². The lowest BCUT2D eigenvalue weighted by Gasteiger charge is -2.19. The van der Waals surface area contributed by atoms with E-state index in [-0.39, 0.29) is 17.7 Å². The van der Waals surface area contributed by atoms with E-state index < -0.39 is 0 Å². The maximum Gasteiger partial charge on any atom is 0.253 e. The van der Waals surface area contributed by atoms with Crippen LogP contribution in [-0.2, 0) is 10.5 Å². The third-order valence-electron chi connectivity index (χ3n) is 4.77. The van der Waals surface area contributed by atoms with Crippen LogP contribution in [0.5, 0.6) is 0 Å². The van der Waals surface area contributed by atoms with E-state index in [4.69, 9.17) is 21.3 Å². The lowest BCUT2D eigenvalue weighted by molar-refractivity contribution is -0.130. The van der Waals surface area contributed by atoms with Gasteiger partial charge in [0.2, 0.25) is 0 Å². The number of amides is 1. The van der Waals surface area contributed by atoms with Crippen molar-refractivity contribution in [1.29, 1.82) is 5.26 Å². The number of hydrogen-bond donors (Lipinski definition) is 0. The Morgan fingerprint density at radius 1 is 1.23 bits per heavy atom. The molecule has 1 atom stereocenters. The van der Waals surface area contributed by atoms with Crippen molar-refractivity contribution in [2.75, 3.05) is 5.75 Å². The summed E-state index contributed by atoms with van der Waals surface area (Å²) in [5, 5.41) is 15.8. The molecule has 1 aliphatic heterocycles. The van der Waals surface area contributed by atoms with E-state index >= 15 is 0 Å². The van der Waals surface area contributed by atoms with E-state index in [9.17, 15) is 4.79 Å². The highest BCUT2D eigenvalue weighted by atomic mass is 35.5. The number of hydrogen-bond acceptors (Lipinski definition) is 5. The Bertz CT molecular complexity index is 1100. The molecule has 3 aromatic rings. The molecular weight excluding hydrogens is 418 g/mol. The number of nitriles is 1. The van der Waals surface area contributed by atoms with Gasteiger partial charge in [0.05, 0.1) is 29.4 Å². The third kappa shape index (κ3) is 4.59. The second-order valence-corrected chi connectivity index (χ2v) is 8.25. The molecule has 150 valence electrons. The molecule has 5 nitrogen and oxygen atoms in total. The number of nitrogens with zero attached hydrogens (tertiary/aromatic N) is 3. The van der Waals surface area contributed by atoms with Crippen LogP contribution in [-0.4, -0.2) is 22.4 Å². The first-order valence-corrected chi connectivity index (χ1v) is 10.9. The van der Waals surface area contributed by atoms with Crippen LogP contribution >= 0.6 is 23.4 Å². The summed E-state index contributed by atoms with van der Waals surface area (Å²) in [6, 6.07) is 20.4. The van der Waals surface area contributed by atoms with Gasteiger partial charge < -0.3 is 4.42 Å². The molecule has 0 spiro atoms. The molecule has 1 aromatic heterocycles. The Balaban J connectivity index is 1.47. The fourth-order valence-corrected chi connectivity index (χ4v) is 4.26. The minimum atomic E-state index is -0.263. The lowest BCUT2D eigenvalue weighted by atomic mass is 10.0. The normalized spacial score (nSPS) is 15.7. The summed E-state index contributed by atoms with van der Waals surface area (Å²) >= 11 is 7.50. The van der Waals surface area contributed by atoms with Gasteiger partial charge in [0.15, 0.2) is 0 Å². The zero-order valence-corrected chi connectivity index (χ0v) is 17.6. The molecule has 0 radical (unpaired) electrons. The molecule has 7 heteroatoms. The molecule has 2 heterocycles. The minimum Gasteiger partial charge on any atom is -0.467 e. The SMILES string of the molecule is N#Cc1cccc(CSCC(=O)N2N=C(c3ccc(Cl)cc3)C[C@@H]2c2ccco2)c1. The molecule has 0 fully saturated rings. The molecule has 0 saturated heterocycles. The summed E-state index contributed by atoms with van der Waals surface area (Å²) in [6.45, 7) is 0. The van der Waals surface area contributed by atoms with E-state index in [1.807, 2.05) is 54.6 Å². The average molecular weight is 436 g/mol. The van der Waals surface area contributed by atoms with Gasteiger partial charge in [-0.25, -0.2) is 5.01 Å². The number of carbonyl (C=O) groups excluding carboxylic acids is 1. The average Bonchev–Trinajstić information content (AvgIpc) is 3.44. The summed E-state index contributed by atoms with van der Waals surface area (Å²) in [5.41, 5.74) is 3.40. The smallest absolute Gasteiger partial charge is 0.253 e. The maximum absolute atomic E-state index is 13.0. The molecule has 0 saturated carbocycles. The summed E-state index contributed by atoms with van der Waals surface area (Å²) < 4.78 is 5.57. The van der Waals surface area contributed by atoms with Crippen LogP contribution in [0.2, 0.25) is 5.02 Å². The van der Waals surface area contributed by atoms with Crippen LogP contribution in [0.15, 0.2) is 76.4 Å². The van der Waals surface area contributed by atoms with Gasteiger partial charge in [0.25, 0.3) is 5.91 Å². The standard InChI is InChI=1S/C23H18ClN3O2S/c24-19-8-6-18(7-9-19)20-12-21(22-5-2-10-29-22)27(26-20)23(28)15-30-14-17-4-1-3-16(11-17)13-25/h1-11,21H,12,14-15H2/t21-/m1/s1. The zero-order chi connectivity index (χ0) is 20.9. The van der Waals surface area contributed by atoms with Crippen LogP contribution in [0.3, 0.4) is 0 Å². The second-order valence-electron chi connectivity index (χ2n) is 6.83. The molecule has 0 bridgehead atoms. The first kappa shape index (κ1) is 20.3. The topological polar surface area (TPSA) is 69.6 Å². The predicted octanol–water partition coefficient (Wildman–Crippen LogP) is 5.42. The van der Waals surface area contributed by atoms with E-state index in [0.717, 1.165) is 16.8 Å². The van der Waals surface area contributed by atoms with Gasteiger partial charge >= 0.3 is 0 Å². The molecule has 0 aliphatic carbocycles. The summed E-state index contributed by atoms with van der Waals surface area (Å²) in [6.07, 6.45) is 2.19. The Morgan fingerprint density at radius 3 is 2.80 bits per heavy atom. The summed E-state index contributed by atoms with van der Waals surface area (Å²) in [4.78, 5) is 13.0. The Kier molecular flexibility index (Phi) is 6.22. The van der Waals surface area contributed by atoms with Crippen molar-refractivity contribution in [2.45, 2.75) is 18.2 Å². The molecule has 0 N–H and O–H groups in total. The highest BCUT2D eigenvalue weighted by molar-refractivity contribution is 7.99. The number of furan rings is 1. The van der Waals surface area contributed by atoms with Gasteiger partial charge in [-0.15, -0.1) is 11.8 Å². The Morgan fingerprint density at radius 2 is 2.07 bits per heavy atom. The summed E-state index contributed by atoms with van der Waals surface area (Å²) in [5.74, 6) is 1.56. The predicted molar refractivity (Wildman–Crippen MR) is 118 cm³/mol. The highest BCUT2D eigenvalue weighted by Crippen LogP contribution is 2.34. The molecule has 4 rings (SSSR count). The van der Waals surface area contributed by atoms with Crippen molar-refractivity contribution in [1.82, 2.24) is 5.01 Å². The van der Waals surface area contributed by atoms with E-state index in [0.29, 0.717) is 28.5 Å². The molecule has 30 heavy (non-hydrogen) atoms. The van der Waals surface area contributed by atoms with Gasteiger partial charge in [-0.05, 0) is 47.5 Å². The number of carbonyl (C=O) groups is 1. The molecular formula is C23H18ClN3O2S. The maximum atomic E-state index is 13.0. The lowest BCUT2D eigenvalue weighted by Crippen LogP contribution is -2.28. The van der Waals surface area contributed by atoms with Crippen molar-refractivity contribution in [2.24, 2.45) is 5.10 Å². The van der Waals surface area contributed by atoms with Gasteiger partial charge in [-0.3, -0.25) is 4.79 Å². The Hall–Kier alpha value is -3.01. The number of halogens is 1. The van der Waals surface area contributed by atoms with Crippen LogP contribution in [0.1, 0.15) is 34.9 Å². The zero-order valence-electron chi connectivity index (χ0n) is 16.0. The molecule has 2 aromatic carbocycles. The fraction of sp³-hybridized carbons (Fsp3) is 0.174. The Labute approximate surface area is 183 Å². The van der Waals surface area contributed by atoms with E-state index in [1.54, 1.807) is 12.3 Å². The van der Waals surface area contributed by atoms with E-state index in [1.165, 1.54) is 16.8 Å². The number of thioether (sulfide) groups is 1. The van der Waals surface area contributed by atoms with Gasteiger partial charge in [0.1, 0.15) is 11.8 Å². The molecule has 0 unspecified atom stereocenters. The minimum absolute atomic E-state index is 0.0817. The van der Waals surface area contributed by atoms with E-state index in [2.05, 4.69) is 11.2 Å². The third-order valence-corrected chi connectivity index (χ3v) is 6.01. The van der Waals surface area contributed by atoms with Gasteiger partial charge in [-0.2, -0.15) is 10.4 Å². The first-order valence-electron chi connectivity index (χ1n) is 9.39.